The fraction of sp³-hybridized carbons (Fsp3) is 0.500. The fourth-order valence-corrected chi connectivity index (χ4v) is 5.96. The van der Waals surface area contributed by atoms with E-state index in [-0.39, 0.29) is 0 Å². The van der Waals surface area contributed by atoms with Gasteiger partial charge in [0.05, 0.1) is 0 Å². The fourth-order valence-electron chi connectivity index (χ4n) is 5.96. The maximum absolute atomic E-state index is 2.41. The van der Waals surface area contributed by atoms with Crippen LogP contribution in [0, 0.1) is 22.7 Å². The van der Waals surface area contributed by atoms with E-state index >= 15 is 0 Å². The summed E-state index contributed by atoms with van der Waals surface area (Å²) in [5.41, 5.74) is 9.09. The zero-order chi connectivity index (χ0) is 29.8. The predicted molar refractivity (Wildman–Crippen MR) is 181 cm³/mol. The molecule has 2 aliphatic carbocycles. The van der Waals surface area contributed by atoms with Gasteiger partial charge in [-0.05, 0) is 95.5 Å². The summed E-state index contributed by atoms with van der Waals surface area (Å²) in [6, 6.07) is 0. The van der Waals surface area contributed by atoms with Crippen molar-refractivity contribution >= 4 is 0 Å². The Labute approximate surface area is 248 Å². The van der Waals surface area contributed by atoms with E-state index < -0.39 is 0 Å². The Morgan fingerprint density at radius 1 is 0.875 bits per heavy atom. The number of rotatable bonds is 11. The van der Waals surface area contributed by atoms with Gasteiger partial charge >= 0.3 is 0 Å². The van der Waals surface area contributed by atoms with Gasteiger partial charge < -0.3 is 0 Å². The molecule has 0 heterocycles. The van der Waals surface area contributed by atoms with Crippen molar-refractivity contribution in [3.05, 3.63) is 119 Å². The number of allylic oxidation sites excluding steroid dienone is 20. The monoisotopic (exact) mass is 538 g/mol. The second-order valence-corrected chi connectivity index (χ2v) is 13.7. The topological polar surface area (TPSA) is 0 Å². The molecule has 2 rings (SSSR count). The van der Waals surface area contributed by atoms with Crippen LogP contribution in [-0.4, -0.2) is 0 Å². The number of hydrogen-bond acceptors (Lipinski definition) is 0. The molecule has 0 saturated heterocycles. The summed E-state index contributed by atoms with van der Waals surface area (Å²) in [4.78, 5) is 0. The van der Waals surface area contributed by atoms with Gasteiger partial charge in [-0.1, -0.05) is 148 Å². The summed E-state index contributed by atoms with van der Waals surface area (Å²) in [6.07, 6.45) is 39.1. The molecular weight excluding hydrogens is 480 g/mol. The maximum Gasteiger partial charge on any atom is 0.00285 e. The highest BCUT2D eigenvalue weighted by Gasteiger charge is 2.30. The molecule has 0 aromatic carbocycles. The van der Waals surface area contributed by atoms with Crippen LogP contribution in [0.1, 0.15) is 108 Å². The second-order valence-electron chi connectivity index (χ2n) is 13.7. The lowest BCUT2D eigenvalue weighted by Crippen LogP contribution is -2.26. The predicted octanol–water partition coefficient (Wildman–Crippen LogP) is 12.5. The Hall–Kier alpha value is -2.60. The van der Waals surface area contributed by atoms with Crippen molar-refractivity contribution in [1.29, 1.82) is 0 Å². The van der Waals surface area contributed by atoms with Gasteiger partial charge in [-0.15, -0.1) is 0 Å². The van der Waals surface area contributed by atoms with Crippen LogP contribution in [0.25, 0.3) is 0 Å². The molecule has 0 saturated carbocycles. The van der Waals surface area contributed by atoms with E-state index in [4.69, 9.17) is 0 Å². The van der Waals surface area contributed by atoms with Crippen molar-refractivity contribution < 1.29 is 0 Å². The molecule has 2 unspecified atom stereocenters. The molecule has 2 atom stereocenters. The van der Waals surface area contributed by atoms with Gasteiger partial charge in [-0.3, -0.25) is 0 Å². The molecule has 0 aromatic heterocycles. The van der Waals surface area contributed by atoms with Crippen LogP contribution < -0.4 is 0 Å². The van der Waals surface area contributed by atoms with Gasteiger partial charge in [0.1, 0.15) is 0 Å². The van der Waals surface area contributed by atoms with Gasteiger partial charge in [-0.25, -0.2) is 0 Å². The third-order valence-electron chi connectivity index (χ3n) is 8.71. The van der Waals surface area contributed by atoms with E-state index in [0.29, 0.717) is 22.7 Å². The number of hydrogen-bond donors (Lipinski definition) is 0. The van der Waals surface area contributed by atoms with Crippen molar-refractivity contribution in [1.82, 2.24) is 0 Å². The average molecular weight is 539 g/mol. The third kappa shape index (κ3) is 11.5. The first kappa shape index (κ1) is 33.6. The second kappa shape index (κ2) is 16.0. The molecule has 218 valence electrons. The maximum atomic E-state index is 2.41. The first-order valence-electron chi connectivity index (χ1n) is 15.6. The molecule has 0 nitrogen and oxygen atoms in total. The van der Waals surface area contributed by atoms with Crippen molar-refractivity contribution in [2.24, 2.45) is 22.7 Å². The Balaban J connectivity index is 1.81. The standard InChI is InChI=1S/C40H58/c1-31(19-13-21-33(3)25-27-37-35(5)23-15-29-39(37,7)8)17-11-12-18-32(2)20-14-22-34(4)26-28-38-36(6)24-16-30-40(38,9)10/h11-14,17,19-22,24-28,32,38H,15-16,18,23,29-30H2,1-10H3/b12-11+,19-13+,20-14+,27-25+,28-26+,31-17+,33-21+,34-22+. The smallest absolute Gasteiger partial charge is 0.00285 e. The lowest BCUT2D eigenvalue weighted by molar-refractivity contribution is 0.255. The van der Waals surface area contributed by atoms with E-state index in [1.807, 2.05) is 0 Å². The van der Waals surface area contributed by atoms with Crippen LogP contribution in [0.5, 0.6) is 0 Å². The highest BCUT2D eigenvalue weighted by molar-refractivity contribution is 5.37. The van der Waals surface area contributed by atoms with Gasteiger partial charge in [0.15, 0.2) is 0 Å². The molecule has 2 aliphatic rings. The first-order chi connectivity index (χ1) is 18.8. The van der Waals surface area contributed by atoms with Crippen molar-refractivity contribution in [2.75, 3.05) is 0 Å². The van der Waals surface area contributed by atoms with Crippen LogP contribution in [0.2, 0.25) is 0 Å². The SMILES string of the molecule is CC1=CCCC(C)(C)C1/C=C/C(C)=C/C=C/C(C)C/C=C/C=C(C)/C=C/C=C(C)/C=C/C1=C(C)CCCC1(C)C. The van der Waals surface area contributed by atoms with Gasteiger partial charge in [0, 0.05) is 5.92 Å². The molecular formula is C40H58. The largest absolute Gasteiger partial charge is 0.0850 e. The molecule has 0 heteroatoms. The lowest BCUT2D eigenvalue weighted by atomic mass is 9.68. The summed E-state index contributed by atoms with van der Waals surface area (Å²) in [5.74, 6) is 1.06. The molecule has 0 bridgehead atoms. The van der Waals surface area contributed by atoms with Crippen molar-refractivity contribution in [3.63, 3.8) is 0 Å². The van der Waals surface area contributed by atoms with E-state index in [1.54, 1.807) is 5.57 Å². The molecule has 0 aromatic rings. The van der Waals surface area contributed by atoms with Gasteiger partial charge in [0.25, 0.3) is 0 Å². The summed E-state index contributed by atoms with van der Waals surface area (Å²) in [5, 5.41) is 0. The van der Waals surface area contributed by atoms with Crippen molar-refractivity contribution in [3.8, 4) is 0 Å². The molecule has 0 spiro atoms. The quantitative estimate of drug-likeness (QED) is 0.181. The summed E-state index contributed by atoms with van der Waals surface area (Å²) in [7, 11) is 0. The van der Waals surface area contributed by atoms with E-state index in [2.05, 4.69) is 154 Å². The van der Waals surface area contributed by atoms with Gasteiger partial charge in [0.2, 0.25) is 0 Å². The summed E-state index contributed by atoms with van der Waals surface area (Å²) >= 11 is 0. The first-order valence-corrected chi connectivity index (χ1v) is 15.6. The summed E-state index contributed by atoms with van der Waals surface area (Å²) in [6.45, 7) is 23.0. The minimum Gasteiger partial charge on any atom is -0.0850 e. The Kier molecular flexibility index (Phi) is 13.4. The Morgan fingerprint density at radius 3 is 2.23 bits per heavy atom. The van der Waals surface area contributed by atoms with Crippen LogP contribution in [0.15, 0.2) is 119 Å². The molecule has 40 heavy (non-hydrogen) atoms. The zero-order valence-corrected chi connectivity index (χ0v) is 27.5. The third-order valence-corrected chi connectivity index (χ3v) is 8.71. The highest BCUT2D eigenvalue weighted by Crippen LogP contribution is 2.42. The average Bonchev–Trinajstić information content (AvgIpc) is 2.85. The molecule has 0 fully saturated rings. The van der Waals surface area contributed by atoms with E-state index in [0.717, 1.165) is 6.42 Å². The van der Waals surface area contributed by atoms with Gasteiger partial charge in [-0.2, -0.15) is 0 Å². The Bertz CT molecular complexity index is 1140. The van der Waals surface area contributed by atoms with Crippen LogP contribution >= 0.6 is 0 Å². The normalized spacial score (nSPS) is 23.9. The van der Waals surface area contributed by atoms with Crippen LogP contribution in [0.3, 0.4) is 0 Å². The van der Waals surface area contributed by atoms with E-state index in [9.17, 15) is 0 Å². The van der Waals surface area contributed by atoms with E-state index in [1.165, 1.54) is 60.0 Å². The molecule has 0 amide bonds. The zero-order valence-electron chi connectivity index (χ0n) is 27.5. The Morgan fingerprint density at radius 2 is 1.52 bits per heavy atom. The molecule has 0 aliphatic heterocycles. The minimum atomic E-state index is 0.296. The van der Waals surface area contributed by atoms with Crippen LogP contribution in [0.4, 0.5) is 0 Å². The minimum absolute atomic E-state index is 0.296. The lowest BCUT2D eigenvalue weighted by Gasteiger charge is -2.36. The highest BCUT2D eigenvalue weighted by atomic mass is 14.3. The molecule has 0 N–H and O–H groups in total. The molecule has 0 radical (unpaired) electrons. The summed E-state index contributed by atoms with van der Waals surface area (Å²) < 4.78 is 0. The van der Waals surface area contributed by atoms with Crippen LogP contribution in [-0.2, 0) is 0 Å². The van der Waals surface area contributed by atoms with Crippen molar-refractivity contribution in [2.45, 2.75) is 108 Å².